The van der Waals surface area contributed by atoms with Gasteiger partial charge in [-0.05, 0) is 56.4 Å². The van der Waals surface area contributed by atoms with Gasteiger partial charge >= 0.3 is 0 Å². The normalized spacial score (nSPS) is 17.0. The van der Waals surface area contributed by atoms with Gasteiger partial charge in [-0.3, -0.25) is 9.10 Å². The average Bonchev–Trinajstić information content (AvgIpc) is 2.83. The molecule has 0 saturated carbocycles. The third-order valence-electron chi connectivity index (χ3n) is 4.97. The zero-order valence-electron chi connectivity index (χ0n) is 15.8. The predicted molar refractivity (Wildman–Crippen MR) is 102 cm³/mol. The zero-order chi connectivity index (χ0) is 18.6. The quantitative estimate of drug-likeness (QED) is 0.804. The molecule has 1 fully saturated rings. The molecule has 1 aliphatic heterocycles. The number of hydrogen-bond donors (Lipinski definition) is 0. The summed E-state index contributed by atoms with van der Waals surface area (Å²) in [5, 5.41) is 0. The zero-order valence-corrected chi connectivity index (χ0v) is 16.6. The Morgan fingerprint density at radius 1 is 1.12 bits per heavy atom. The predicted octanol–water partition coefficient (Wildman–Crippen LogP) is 3.25. The summed E-state index contributed by atoms with van der Waals surface area (Å²) in [5.74, 6) is -0.0759. The smallest absolute Gasteiger partial charge is 0.246 e. The Bertz CT molecular complexity index is 707. The van der Waals surface area contributed by atoms with Crippen molar-refractivity contribution in [3.05, 3.63) is 29.3 Å². The molecule has 1 amide bonds. The molecule has 5 nitrogen and oxygen atoms in total. The van der Waals surface area contributed by atoms with Crippen molar-refractivity contribution in [1.29, 1.82) is 0 Å². The van der Waals surface area contributed by atoms with Crippen molar-refractivity contribution in [2.24, 2.45) is 0 Å². The molecule has 0 spiro atoms. The number of benzene rings is 1. The van der Waals surface area contributed by atoms with Crippen molar-refractivity contribution in [2.45, 2.75) is 58.9 Å². The van der Waals surface area contributed by atoms with E-state index < -0.39 is 16.1 Å². The fourth-order valence-electron chi connectivity index (χ4n) is 3.41. The fraction of sp³-hybridized carbons (Fsp3) is 0.632. The highest BCUT2D eigenvalue weighted by atomic mass is 32.2. The van der Waals surface area contributed by atoms with Crippen LogP contribution in [0.5, 0.6) is 0 Å². The molecular formula is C19H30N2O3S. The van der Waals surface area contributed by atoms with Gasteiger partial charge in [0, 0.05) is 13.1 Å². The lowest BCUT2D eigenvalue weighted by molar-refractivity contribution is -0.132. The highest BCUT2D eigenvalue weighted by Crippen LogP contribution is 2.26. The molecule has 1 aliphatic rings. The Morgan fingerprint density at radius 2 is 1.72 bits per heavy atom. The first-order valence-electron chi connectivity index (χ1n) is 9.11. The number of nitrogens with zero attached hydrogens (tertiary/aromatic N) is 2. The lowest BCUT2D eigenvalue weighted by atomic mass is 10.1. The second-order valence-corrected chi connectivity index (χ2v) is 8.85. The number of amides is 1. The molecule has 1 unspecified atom stereocenters. The largest absolute Gasteiger partial charge is 0.341 e. The van der Waals surface area contributed by atoms with Crippen molar-refractivity contribution in [1.82, 2.24) is 4.90 Å². The molecule has 1 atom stereocenters. The molecule has 2 rings (SSSR count). The first-order chi connectivity index (χ1) is 11.8. The van der Waals surface area contributed by atoms with E-state index in [1.807, 2.05) is 37.8 Å². The molecule has 1 aromatic rings. The lowest BCUT2D eigenvalue weighted by Gasteiger charge is -2.34. The molecule has 0 aromatic heterocycles. The summed E-state index contributed by atoms with van der Waals surface area (Å²) >= 11 is 0. The van der Waals surface area contributed by atoms with E-state index in [9.17, 15) is 13.2 Å². The molecule has 0 radical (unpaired) electrons. The first-order valence-corrected chi connectivity index (χ1v) is 11.0. The maximum atomic E-state index is 13.1. The van der Waals surface area contributed by atoms with Crippen LogP contribution in [-0.2, 0) is 14.8 Å². The molecule has 1 aromatic carbocycles. The maximum absolute atomic E-state index is 13.1. The van der Waals surface area contributed by atoms with Gasteiger partial charge in [-0.15, -0.1) is 0 Å². The van der Waals surface area contributed by atoms with Gasteiger partial charge in [-0.25, -0.2) is 8.42 Å². The van der Waals surface area contributed by atoms with Crippen LogP contribution in [0.15, 0.2) is 18.2 Å². The molecule has 0 bridgehead atoms. The van der Waals surface area contributed by atoms with E-state index >= 15 is 0 Å². The summed E-state index contributed by atoms with van der Waals surface area (Å²) in [7, 11) is -3.57. The van der Waals surface area contributed by atoms with Gasteiger partial charge in [-0.1, -0.05) is 25.8 Å². The van der Waals surface area contributed by atoms with E-state index in [2.05, 4.69) is 0 Å². The SMILES string of the molecule is CCC(C(=O)N1CCCCCC1)N(c1ccc(C)c(C)c1)S(C)(=O)=O. The van der Waals surface area contributed by atoms with Gasteiger partial charge in [0.05, 0.1) is 11.9 Å². The van der Waals surface area contributed by atoms with E-state index in [0.717, 1.165) is 49.9 Å². The minimum atomic E-state index is -3.57. The lowest BCUT2D eigenvalue weighted by Crippen LogP contribution is -2.51. The average molecular weight is 367 g/mol. The van der Waals surface area contributed by atoms with Crippen LogP contribution in [0.2, 0.25) is 0 Å². The summed E-state index contributed by atoms with van der Waals surface area (Å²) in [6, 6.07) is 4.87. The number of aryl methyl sites for hydroxylation is 2. The van der Waals surface area contributed by atoms with Crippen molar-refractivity contribution in [3.8, 4) is 0 Å². The molecule has 140 valence electrons. The Hall–Kier alpha value is -1.56. The van der Waals surface area contributed by atoms with Crippen molar-refractivity contribution in [3.63, 3.8) is 0 Å². The number of likely N-dealkylation sites (tertiary alicyclic amines) is 1. The Balaban J connectivity index is 2.40. The van der Waals surface area contributed by atoms with Crippen LogP contribution in [0.25, 0.3) is 0 Å². The first kappa shape index (κ1) is 19.8. The molecule has 0 N–H and O–H groups in total. The summed E-state index contributed by atoms with van der Waals surface area (Å²) in [6.45, 7) is 7.26. The monoisotopic (exact) mass is 366 g/mol. The highest BCUT2D eigenvalue weighted by molar-refractivity contribution is 7.92. The van der Waals surface area contributed by atoms with Crippen molar-refractivity contribution < 1.29 is 13.2 Å². The van der Waals surface area contributed by atoms with Crippen LogP contribution >= 0.6 is 0 Å². The number of rotatable bonds is 5. The number of carbonyl (C=O) groups is 1. The van der Waals surface area contributed by atoms with Gasteiger partial charge in [0.1, 0.15) is 6.04 Å². The molecular weight excluding hydrogens is 336 g/mol. The summed E-state index contributed by atoms with van der Waals surface area (Å²) < 4.78 is 26.4. The Labute approximate surface area is 152 Å². The number of sulfonamides is 1. The van der Waals surface area contributed by atoms with E-state index in [0.29, 0.717) is 12.1 Å². The molecule has 6 heteroatoms. The van der Waals surface area contributed by atoms with Gasteiger partial charge in [0.25, 0.3) is 0 Å². The maximum Gasteiger partial charge on any atom is 0.246 e. The third-order valence-corrected chi connectivity index (χ3v) is 6.15. The van der Waals surface area contributed by atoms with Gasteiger partial charge in [0.15, 0.2) is 0 Å². The number of anilines is 1. The van der Waals surface area contributed by atoms with Gasteiger partial charge in [0.2, 0.25) is 15.9 Å². The van der Waals surface area contributed by atoms with E-state index in [4.69, 9.17) is 0 Å². The number of carbonyl (C=O) groups excluding carboxylic acids is 1. The molecule has 25 heavy (non-hydrogen) atoms. The van der Waals surface area contributed by atoms with E-state index in [1.165, 1.54) is 10.6 Å². The fourth-order valence-corrected chi connectivity index (χ4v) is 4.61. The molecule has 1 heterocycles. The second-order valence-electron chi connectivity index (χ2n) is 6.99. The Morgan fingerprint density at radius 3 is 2.20 bits per heavy atom. The van der Waals surface area contributed by atoms with Gasteiger partial charge < -0.3 is 4.90 Å². The summed E-state index contributed by atoms with van der Waals surface area (Å²) in [6.07, 6.45) is 5.88. The van der Waals surface area contributed by atoms with Crippen LogP contribution in [0.4, 0.5) is 5.69 Å². The van der Waals surface area contributed by atoms with Crippen LogP contribution in [0.3, 0.4) is 0 Å². The standard InChI is InChI=1S/C19H30N2O3S/c1-5-18(19(22)20-12-8-6-7-9-13-20)21(25(4,23)24)17-11-10-15(2)16(3)14-17/h10-11,14,18H,5-9,12-13H2,1-4H3. The topological polar surface area (TPSA) is 57.7 Å². The van der Waals surface area contributed by atoms with Crippen LogP contribution in [0, 0.1) is 13.8 Å². The Kier molecular flexibility index (Phi) is 6.49. The van der Waals surface area contributed by atoms with E-state index in [1.54, 1.807) is 6.07 Å². The summed E-state index contributed by atoms with van der Waals surface area (Å²) in [4.78, 5) is 15.0. The minimum absolute atomic E-state index is 0.0759. The third kappa shape index (κ3) is 4.75. The van der Waals surface area contributed by atoms with Crippen molar-refractivity contribution >= 4 is 21.6 Å². The van der Waals surface area contributed by atoms with Crippen molar-refractivity contribution in [2.75, 3.05) is 23.7 Å². The van der Waals surface area contributed by atoms with Crippen LogP contribution < -0.4 is 4.31 Å². The molecule has 1 saturated heterocycles. The number of hydrogen-bond acceptors (Lipinski definition) is 3. The van der Waals surface area contributed by atoms with Crippen LogP contribution in [-0.4, -0.2) is 44.6 Å². The highest BCUT2D eigenvalue weighted by Gasteiger charge is 2.34. The second kappa shape index (κ2) is 8.21. The van der Waals surface area contributed by atoms with Crippen LogP contribution in [0.1, 0.15) is 50.2 Å². The summed E-state index contributed by atoms with van der Waals surface area (Å²) in [5.41, 5.74) is 2.69. The van der Waals surface area contributed by atoms with Gasteiger partial charge in [-0.2, -0.15) is 0 Å². The molecule has 0 aliphatic carbocycles. The van der Waals surface area contributed by atoms with E-state index in [-0.39, 0.29) is 5.91 Å². The minimum Gasteiger partial charge on any atom is -0.341 e.